The Morgan fingerprint density at radius 1 is 1.38 bits per heavy atom. The van der Waals surface area contributed by atoms with Crippen molar-refractivity contribution in [2.24, 2.45) is 0 Å². The van der Waals surface area contributed by atoms with E-state index in [2.05, 4.69) is 31.9 Å². The molecular formula is C12H22O3Si. The van der Waals surface area contributed by atoms with Crippen LogP contribution in [0, 0.1) is 11.8 Å². The summed E-state index contributed by atoms with van der Waals surface area (Å²) in [5.41, 5.74) is 0. The van der Waals surface area contributed by atoms with E-state index in [1.54, 1.807) is 0 Å². The molecule has 16 heavy (non-hydrogen) atoms. The van der Waals surface area contributed by atoms with Crippen LogP contribution in [0.15, 0.2) is 0 Å². The molecule has 0 heterocycles. The first-order valence-corrected chi connectivity index (χ1v) is 8.95. The second-order valence-corrected chi connectivity index (χ2v) is 8.73. The third-order valence-corrected chi connectivity index (χ3v) is 4.81. The summed E-state index contributed by atoms with van der Waals surface area (Å²) in [6, 6.07) is 1.20. The van der Waals surface area contributed by atoms with Gasteiger partial charge in [-0.25, -0.2) is 4.79 Å². The topological polar surface area (TPSA) is 46.5 Å². The minimum atomic E-state index is -1.47. The van der Waals surface area contributed by atoms with Gasteiger partial charge in [0.1, 0.15) is 0 Å². The highest BCUT2D eigenvalue weighted by molar-refractivity contribution is 6.71. The second-order valence-electron chi connectivity index (χ2n) is 4.42. The van der Waals surface area contributed by atoms with Crippen LogP contribution in [0.3, 0.4) is 0 Å². The number of carbonyl (C=O) groups is 1. The van der Waals surface area contributed by atoms with Crippen LogP contribution < -0.4 is 0 Å². The van der Waals surface area contributed by atoms with Crippen LogP contribution in [0.2, 0.25) is 19.1 Å². The molecule has 0 saturated heterocycles. The Bertz CT molecular complexity index is 263. The molecule has 0 aliphatic heterocycles. The number of carboxylic acid groups (broad SMARTS) is 1. The fourth-order valence-corrected chi connectivity index (χ4v) is 3.37. The lowest BCUT2D eigenvalue weighted by atomic mass is 10.3. The average Bonchev–Trinajstić information content (AvgIpc) is 2.20. The summed E-state index contributed by atoms with van der Waals surface area (Å²) in [6.07, 6.45) is 3.87. The zero-order valence-corrected chi connectivity index (χ0v) is 11.5. The average molecular weight is 242 g/mol. The summed E-state index contributed by atoms with van der Waals surface area (Å²) in [7, 11) is -1.47. The zero-order valence-electron chi connectivity index (χ0n) is 10.5. The fourth-order valence-electron chi connectivity index (χ4n) is 1.32. The van der Waals surface area contributed by atoms with Crippen LogP contribution in [0.1, 0.15) is 32.6 Å². The number of unbranched alkanes of at least 4 members (excludes halogenated alkanes) is 2. The van der Waals surface area contributed by atoms with Gasteiger partial charge in [0.15, 0.2) is 8.32 Å². The molecule has 0 aromatic heterocycles. The van der Waals surface area contributed by atoms with Gasteiger partial charge >= 0.3 is 5.97 Å². The lowest BCUT2D eigenvalue weighted by Gasteiger charge is -2.22. The maximum atomic E-state index is 10.1. The van der Waals surface area contributed by atoms with Gasteiger partial charge < -0.3 is 9.53 Å². The Balaban J connectivity index is 3.58. The van der Waals surface area contributed by atoms with E-state index in [1.165, 1.54) is 18.9 Å². The number of carboxylic acids is 1. The summed E-state index contributed by atoms with van der Waals surface area (Å²) in [4.78, 5) is 10.1. The van der Waals surface area contributed by atoms with Crippen LogP contribution >= 0.6 is 0 Å². The smallest absolute Gasteiger partial charge is 0.381 e. The molecule has 0 atom stereocenters. The van der Waals surface area contributed by atoms with E-state index in [1.807, 2.05) is 0 Å². The van der Waals surface area contributed by atoms with Gasteiger partial charge in [0.2, 0.25) is 0 Å². The lowest BCUT2D eigenvalue weighted by molar-refractivity contribution is -0.130. The summed E-state index contributed by atoms with van der Waals surface area (Å²) in [5, 5.41) is 8.30. The van der Waals surface area contributed by atoms with E-state index in [0.717, 1.165) is 6.42 Å². The Hall–Kier alpha value is -0.793. The molecule has 0 radical (unpaired) electrons. The lowest BCUT2D eigenvalue weighted by Crippen LogP contribution is -2.30. The van der Waals surface area contributed by atoms with Crippen LogP contribution in [-0.4, -0.2) is 26.0 Å². The van der Waals surface area contributed by atoms with Gasteiger partial charge in [0, 0.05) is 18.9 Å². The number of hydrogen-bond acceptors (Lipinski definition) is 2. The molecule has 0 amide bonds. The Kier molecular flexibility index (Phi) is 7.95. The molecular weight excluding hydrogens is 220 g/mol. The number of aliphatic carboxylic acids is 1. The first kappa shape index (κ1) is 15.2. The molecule has 0 aromatic rings. The largest absolute Gasteiger partial charge is 0.472 e. The highest BCUT2D eigenvalue weighted by Crippen LogP contribution is 2.15. The molecule has 0 aliphatic rings. The van der Waals surface area contributed by atoms with Crippen molar-refractivity contribution < 1.29 is 14.3 Å². The second kappa shape index (κ2) is 8.37. The van der Waals surface area contributed by atoms with E-state index in [4.69, 9.17) is 9.53 Å². The zero-order chi connectivity index (χ0) is 12.4. The molecule has 92 valence electrons. The van der Waals surface area contributed by atoms with E-state index < -0.39 is 14.3 Å². The normalized spacial score (nSPS) is 10.7. The summed E-state index contributed by atoms with van der Waals surface area (Å²) in [6.45, 7) is 7.35. The number of rotatable bonds is 7. The van der Waals surface area contributed by atoms with Crippen LogP contribution in [0.25, 0.3) is 0 Å². The maximum Gasteiger partial charge on any atom is 0.381 e. The summed E-state index contributed by atoms with van der Waals surface area (Å²) in [5.74, 6) is 3.64. The molecule has 0 bridgehead atoms. The fraction of sp³-hybridized carbons (Fsp3) is 0.750. The first-order chi connectivity index (χ1) is 7.48. The Morgan fingerprint density at radius 2 is 2.06 bits per heavy atom. The van der Waals surface area contributed by atoms with Crippen molar-refractivity contribution in [3.8, 4) is 11.8 Å². The van der Waals surface area contributed by atoms with E-state index in [0.29, 0.717) is 13.0 Å². The van der Waals surface area contributed by atoms with Crippen molar-refractivity contribution in [3.05, 3.63) is 0 Å². The molecule has 0 saturated carbocycles. The quantitative estimate of drug-likeness (QED) is 0.424. The molecule has 0 unspecified atom stereocenters. The van der Waals surface area contributed by atoms with Crippen LogP contribution in [0.4, 0.5) is 0 Å². The molecule has 0 fully saturated rings. The van der Waals surface area contributed by atoms with Gasteiger partial charge in [0.25, 0.3) is 0 Å². The molecule has 0 spiro atoms. The highest BCUT2D eigenvalue weighted by atomic mass is 28.4. The Labute approximate surface area is 99.3 Å². The van der Waals surface area contributed by atoms with Gasteiger partial charge in [-0.2, -0.15) is 0 Å². The van der Waals surface area contributed by atoms with E-state index in [-0.39, 0.29) is 0 Å². The summed E-state index contributed by atoms with van der Waals surface area (Å²) < 4.78 is 5.86. The molecule has 4 heteroatoms. The Morgan fingerprint density at radius 3 is 2.62 bits per heavy atom. The predicted octanol–water partition coefficient (Wildman–Crippen LogP) is 2.88. The van der Waals surface area contributed by atoms with Gasteiger partial charge in [-0.15, -0.1) is 0 Å². The van der Waals surface area contributed by atoms with Gasteiger partial charge in [0.05, 0.1) is 0 Å². The van der Waals surface area contributed by atoms with Crippen molar-refractivity contribution in [1.29, 1.82) is 0 Å². The minimum absolute atomic E-state index is 0.602. The van der Waals surface area contributed by atoms with Crippen molar-refractivity contribution in [3.63, 3.8) is 0 Å². The minimum Gasteiger partial charge on any atom is -0.472 e. The molecule has 1 N–H and O–H groups in total. The van der Waals surface area contributed by atoms with Crippen molar-refractivity contribution in [2.45, 2.75) is 51.7 Å². The van der Waals surface area contributed by atoms with E-state index >= 15 is 0 Å². The first-order valence-electron chi connectivity index (χ1n) is 5.83. The SMILES string of the molecule is CCCC[Si](C)(C)OCCCC#CC(=O)O. The van der Waals surface area contributed by atoms with Gasteiger partial charge in [-0.1, -0.05) is 25.7 Å². The molecule has 3 nitrogen and oxygen atoms in total. The van der Waals surface area contributed by atoms with Crippen molar-refractivity contribution in [2.75, 3.05) is 6.61 Å². The third-order valence-electron chi connectivity index (χ3n) is 2.27. The van der Waals surface area contributed by atoms with Gasteiger partial charge in [-0.05, 0) is 25.6 Å². The third kappa shape index (κ3) is 9.75. The highest BCUT2D eigenvalue weighted by Gasteiger charge is 2.20. The molecule has 0 aromatic carbocycles. The van der Waals surface area contributed by atoms with Crippen molar-refractivity contribution >= 4 is 14.3 Å². The molecule has 0 rings (SSSR count). The maximum absolute atomic E-state index is 10.1. The van der Waals surface area contributed by atoms with Crippen LogP contribution in [-0.2, 0) is 9.22 Å². The monoisotopic (exact) mass is 242 g/mol. The van der Waals surface area contributed by atoms with Crippen LogP contribution in [0.5, 0.6) is 0 Å². The molecule has 0 aliphatic carbocycles. The number of hydrogen-bond donors (Lipinski definition) is 1. The van der Waals surface area contributed by atoms with Crippen molar-refractivity contribution in [1.82, 2.24) is 0 Å². The van der Waals surface area contributed by atoms with E-state index in [9.17, 15) is 4.79 Å². The summed E-state index contributed by atoms with van der Waals surface area (Å²) >= 11 is 0. The van der Waals surface area contributed by atoms with Gasteiger partial charge in [-0.3, -0.25) is 0 Å². The standard InChI is InChI=1S/C12H22O3Si/c1-4-5-11-16(2,3)15-10-8-6-7-9-12(13)14/h4-6,8,10-11H2,1-3H3,(H,13,14). The predicted molar refractivity (Wildman–Crippen MR) is 67.8 cm³/mol.